The summed E-state index contributed by atoms with van der Waals surface area (Å²) in [5, 5.41) is 0. The van der Waals surface area contributed by atoms with Crippen LogP contribution in [-0.2, 0) is 9.84 Å². The zero-order valence-electron chi connectivity index (χ0n) is 19.1. The number of hydrogen-bond acceptors (Lipinski definition) is 3. The first-order valence-electron chi connectivity index (χ1n) is 10.1. The standard InChI is InChI=1S/C22H38O3Si2/c1-21(2,3)15-12-14(23-7)13-16-17(15)18(20(24-16)26(8)9)19(22(4,5)6)25-27(10)11/h12-13,20,26-27H,1-11H3. The van der Waals surface area contributed by atoms with E-state index in [1.807, 2.05) is 0 Å². The Balaban J connectivity index is 2.91. The number of methoxy groups -OCH3 is 1. The van der Waals surface area contributed by atoms with Crippen LogP contribution in [0.4, 0.5) is 0 Å². The summed E-state index contributed by atoms with van der Waals surface area (Å²) in [6.07, 6.45) is 0. The minimum absolute atomic E-state index is 0.0150. The van der Waals surface area contributed by atoms with E-state index in [-0.39, 0.29) is 16.6 Å². The Hall–Kier alpha value is -1.21. The van der Waals surface area contributed by atoms with Gasteiger partial charge in [0.25, 0.3) is 0 Å². The van der Waals surface area contributed by atoms with Crippen molar-refractivity contribution in [3.8, 4) is 11.5 Å². The molecule has 27 heavy (non-hydrogen) atoms. The molecular weight excluding hydrogens is 368 g/mol. The fourth-order valence-electron chi connectivity index (χ4n) is 3.60. The van der Waals surface area contributed by atoms with Crippen LogP contribution in [0.25, 0.3) is 5.57 Å². The molecule has 3 nitrogen and oxygen atoms in total. The molecule has 1 unspecified atom stereocenters. The largest absolute Gasteiger partial charge is 0.549 e. The van der Waals surface area contributed by atoms with Crippen LogP contribution in [0.1, 0.15) is 52.7 Å². The summed E-state index contributed by atoms with van der Waals surface area (Å²) < 4.78 is 18.8. The van der Waals surface area contributed by atoms with Gasteiger partial charge in [-0.3, -0.25) is 0 Å². The molecule has 1 heterocycles. The molecule has 1 aliphatic heterocycles. The predicted octanol–water partition coefficient (Wildman–Crippen LogP) is 5.54. The van der Waals surface area contributed by atoms with E-state index < -0.39 is 17.8 Å². The highest BCUT2D eigenvalue weighted by Gasteiger charge is 2.41. The van der Waals surface area contributed by atoms with Crippen LogP contribution in [0.5, 0.6) is 11.5 Å². The maximum absolute atomic E-state index is 6.59. The molecule has 0 saturated carbocycles. The van der Waals surface area contributed by atoms with Gasteiger partial charge in [0.05, 0.1) is 21.7 Å². The van der Waals surface area contributed by atoms with Crippen molar-refractivity contribution < 1.29 is 13.9 Å². The van der Waals surface area contributed by atoms with Crippen LogP contribution >= 0.6 is 0 Å². The molecule has 0 N–H and O–H groups in total. The first-order valence-corrected chi connectivity index (χ1v) is 15.8. The lowest BCUT2D eigenvalue weighted by atomic mass is 9.79. The minimum Gasteiger partial charge on any atom is -0.549 e. The van der Waals surface area contributed by atoms with Gasteiger partial charge in [0, 0.05) is 22.6 Å². The van der Waals surface area contributed by atoms with Crippen molar-refractivity contribution in [2.24, 2.45) is 5.41 Å². The highest BCUT2D eigenvalue weighted by Crippen LogP contribution is 2.50. The number of hydrogen-bond donors (Lipinski definition) is 0. The monoisotopic (exact) mass is 406 g/mol. The van der Waals surface area contributed by atoms with Crippen LogP contribution in [0.3, 0.4) is 0 Å². The molecule has 1 aromatic carbocycles. The summed E-state index contributed by atoms with van der Waals surface area (Å²) in [5.74, 6) is 2.95. The fraction of sp³-hybridized carbons (Fsp3) is 0.636. The Morgan fingerprint density at radius 2 is 1.59 bits per heavy atom. The average Bonchev–Trinajstić information content (AvgIpc) is 2.88. The molecule has 1 atom stereocenters. The van der Waals surface area contributed by atoms with E-state index >= 15 is 0 Å². The maximum atomic E-state index is 6.59. The molecule has 0 bridgehead atoms. The number of allylic oxidation sites excluding steroid dienone is 1. The van der Waals surface area contributed by atoms with Crippen LogP contribution in [0, 0.1) is 5.41 Å². The zero-order valence-corrected chi connectivity index (χ0v) is 21.4. The Bertz CT molecular complexity index is 722. The fourth-order valence-corrected chi connectivity index (χ4v) is 5.96. The molecule has 0 aliphatic carbocycles. The second kappa shape index (κ2) is 7.66. The van der Waals surface area contributed by atoms with Gasteiger partial charge in [0.15, 0.2) is 0 Å². The topological polar surface area (TPSA) is 27.7 Å². The molecule has 0 amide bonds. The number of fused-ring (bicyclic) bond motifs is 1. The summed E-state index contributed by atoms with van der Waals surface area (Å²) in [4.78, 5) is 0. The molecule has 152 valence electrons. The third kappa shape index (κ3) is 4.62. The SMILES string of the molecule is COc1cc2c(c(C(C)(C)C)c1)C(=C(O[SiH](C)C)C(C)(C)C)C([SiH](C)C)O2. The molecule has 0 aromatic heterocycles. The van der Waals surface area contributed by atoms with Gasteiger partial charge in [-0.05, 0) is 30.1 Å². The number of ether oxygens (including phenoxy) is 2. The van der Waals surface area contributed by atoms with Gasteiger partial charge in [0.2, 0.25) is 9.04 Å². The van der Waals surface area contributed by atoms with Crippen molar-refractivity contribution in [2.45, 2.75) is 78.9 Å². The van der Waals surface area contributed by atoms with Crippen LogP contribution in [0.15, 0.2) is 17.9 Å². The summed E-state index contributed by atoms with van der Waals surface area (Å²) >= 11 is 0. The van der Waals surface area contributed by atoms with Gasteiger partial charge in [-0.25, -0.2) is 0 Å². The highest BCUT2D eigenvalue weighted by molar-refractivity contribution is 6.60. The van der Waals surface area contributed by atoms with Crippen molar-refractivity contribution in [1.82, 2.24) is 0 Å². The molecular formula is C22H38O3Si2. The summed E-state index contributed by atoms with van der Waals surface area (Å²) in [5.41, 5.74) is 3.88. The van der Waals surface area contributed by atoms with Gasteiger partial charge < -0.3 is 13.9 Å². The molecule has 1 aromatic rings. The normalized spacial score (nSPS) is 19.2. The molecule has 5 heteroatoms. The smallest absolute Gasteiger partial charge is 0.229 e. The van der Waals surface area contributed by atoms with E-state index in [2.05, 4.69) is 79.9 Å². The Morgan fingerprint density at radius 1 is 1.00 bits per heavy atom. The van der Waals surface area contributed by atoms with Gasteiger partial charge in [0.1, 0.15) is 17.2 Å². The number of benzene rings is 1. The average molecular weight is 407 g/mol. The summed E-state index contributed by atoms with van der Waals surface area (Å²) in [6, 6.07) is 4.23. The summed E-state index contributed by atoms with van der Waals surface area (Å²) in [6.45, 7) is 22.7. The molecule has 0 spiro atoms. The first-order chi connectivity index (χ1) is 12.3. The maximum Gasteiger partial charge on any atom is 0.229 e. The quantitative estimate of drug-likeness (QED) is 0.485. The number of rotatable bonds is 4. The van der Waals surface area contributed by atoms with Crippen molar-refractivity contribution >= 4 is 23.4 Å². The second-order valence-electron chi connectivity index (χ2n) is 10.2. The van der Waals surface area contributed by atoms with Crippen molar-refractivity contribution in [3.05, 3.63) is 29.0 Å². The Labute approximate surface area is 169 Å². The second-order valence-corrected chi connectivity index (χ2v) is 15.7. The van der Waals surface area contributed by atoms with Crippen LogP contribution in [-0.4, -0.2) is 30.7 Å². The van der Waals surface area contributed by atoms with E-state index in [0.717, 1.165) is 17.3 Å². The van der Waals surface area contributed by atoms with Crippen LogP contribution in [0.2, 0.25) is 26.2 Å². The molecule has 0 fully saturated rings. The third-order valence-electron chi connectivity index (χ3n) is 4.81. The lowest BCUT2D eigenvalue weighted by Gasteiger charge is -2.31. The van der Waals surface area contributed by atoms with Gasteiger partial charge in [-0.2, -0.15) is 0 Å². The van der Waals surface area contributed by atoms with Gasteiger partial charge >= 0.3 is 0 Å². The predicted molar refractivity (Wildman–Crippen MR) is 121 cm³/mol. The first kappa shape index (κ1) is 22.1. The minimum atomic E-state index is -1.25. The lowest BCUT2D eigenvalue weighted by Crippen LogP contribution is -2.32. The Kier molecular flexibility index (Phi) is 6.27. The van der Waals surface area contributed by atoms with E-state index in [0.29, 0.717) is 0 Å². The van der Waals surface area contributed by atoms with E-state index in [4.69, 9.17) is 13.9 Å². The van der Waals surface area contributed by atoms with Gasteiger partial charge in [-0.1, -0.05) is 54.6 Å². The zero-order chi connectivity index (χ0) is 20.7. The third-order valence-corrected chi connectivity index (χ3v) is 7.20. The molecule has 1 aliphatic rings. The molecule has 0 saturated heterocycles. The van der Waals surface area contributed by atoms with Crippen molar-refractivity contribution in [1.29, 1.82) is 0 Å². The van der Waals surface area contributed by atoms with E-state index in [9.17, 15) is 0 Å². The van der Waals surface area contributed by atoms with Gasteiger partial charge in [-0.15, -0.1) is 0 Å². The molecule has 0 radical (unpaired) electrons. The molecule has 2 rings (SSSR count). The van der Waals surface area contributed by atoms with Crippen molar-refractivity contribution in [2.75, 3.05) is 7.11 Å². The highest BCUT2D eigenvalue weighted by atomic mass is 28.3. The van der Waals surface area contributed by atoms with E-state index in [1.165, 1.54) is 16.7 Å². The van der Waals surface area contributed by atoms with Crippen molar-refractivity contribution in [3.63, 3.8) is 0 Å². The summed E-state index contributed by atoms with van der Waals surface area (Å²) in [7, 11) is -0.654. The van der Waals surface area contributed by atoms with Crippen LogP contribution < -0.4 is 9.47 Å². The van der Waals surface area contributed by atoms with E-state index in [1.54, 1.807) is 7.11 Å². The lowest BCUT2D eigenvalue weighted by molar-refractivity contribution is 0.289. The Morgan fingerprint density at radius 3 is 2.00 bits per heavy atom.